The van der Waals surface area contributed by atoms with E-state index < -0.39 is 0 Å². The molecule has 0 radical (unpaired) electrons. The molecule has 0 atom stereocenters. The summed E-state index contributed by atoms with van der Waals surface area (Å²) < 4.78 is 0. The van der Waals surface area contributed by atoms with Crippen molar-refractivity contribution >= 4 is 5.82 Å². The van der Waals surface area contributed by atoms with Crippen LogP contribution in [0, 0.1) is 0 Å². The molecule has 0 spiro atoms. The van der Waals surface area contributed by atoms with Crippen LogP contribution < -0.4 is 4.90 Å². The van der Waals surface area contributed by atoms with Gasteiger partial charge in [0.25, 0.3) is 0 Å². The van der Waals surface area contributed by atoms with Gasteiger partial charge in [-0.15, -0.1) is 0 Å². The van der Waals surface area contributed by atoms with E-state index in [4.69, 9.17) is 5.53 Å². The number of azide groups is 1. The van der Waals surface area contributed by atoms with Gasteiger partial charge in [0, 0.05) is 43.8 Å². The van der Waals surface area contributed by atoms with Gasteiger partial charge < -0.3 is 4.90 Å². The third kappa shape index (κ3) is 3.61. The highest BCUT2D eigenvalue weighted by Crippen LogP contribution is 2.12. The van der Waals surface area contributed by atoms with E-state index in [1.54, 1.807) is 0 Å². The zero-order valence-corrected chi connectivity index (χ0v) is 10.4. The van der Waals surface area contributed by atoms with Crippen molar-refractivity contribution in [2.45, 2.75) is 6.42 Å². The largest absolute Gasteiger partial charge is 0.354 e. The van der Waals surface area contributed by atoms with E-state index >= 15 is 0 Å². The Morgan fingerprint density at radius 3 is 2.78 bits per heavy atom. The van der Waals surface area contributed by atoms with Crippen LogP contribution in [-0.2, 0) is 0 Å². The smallest absolute Gasteiger partial charge is 0.128 e. The van der Waals surface area contributed by atoms with E-state index in [0.29, 0.717) is 6.54 Å². The first kappa shape index (κ1) is 12.7. The van der Waals surface area contributed by atoms with E-state index in [0.717, 1.165) is 45.0 Å². The van der Waals surface area contributed by atoms with Crippen LogP contribution in [-0.4, -0.2) is 49.2 Å². The van der Waals surface area contributed by atoms with Gasteiger partial charge in [0.1, 0.15) is 5.82 Å². The Morgan fingerprint density at radius 2 is 2.11 bits per heavy atom. The van der Waals surface area contributed by atoms with E-state index in [1.807, 2.05) is 18.3 Å². The molecule has 1 aromatic rings. The molecule has 6 nitrogen and oxygen atoms in total. The van der Waals surface area contributed by atoms with Crippen molar-refractivity contribution in [2.75, 3.05) is 44.2 Å². The first-order chi connectivity index (χ1) is 8.90. The van der Waals surface area contributed by atoms with Crippen LogP contribution in [0.4, 0.5) is 5.82 Å². The van der Waals surface area contributed by atoms with Crippen molar-refractivity contribution in [3.05, 3.63) is 34.8 Å². The number of nitrogens with zero attached hydrogens (tertiary/aromatic N) is 6. The zero-order chi connectivity index (χ0) is 12.6. The molecule has 1 aliphatic heterocycles. The monoisotopic (exact) mass is 246 g/mol. The minimum absolute atomic E-state index is 0.594. The highest BCUT2D eigenvalue weighted by atomic mass is 15.3. The molecule has 0 unspecified atom stereocenters. The first-order valence-corrected chi connectivity index (χ1v) is 6.29. The second kappa shape index (κ2) is 6.83. The zero-order valence-electron chi connectivity index (χ0n) is 10.4. The van der Waals surface area contributed by atoms with Gasteiger partial charge in [-0.2, -0.15) is 0 Å². The maximum absolute atomic E-state index is 8.20. The van der Waals surface area contributed by atoms with Gasteiger partial charge in [-0.25, -0.2) is 4.98 Å². The maximum Gasteiger partial charge on any atom is 0.128 e. The van der Waals surface area contributed by atoms with Crippen LogP contribution in [0.3, 0.4) is 0 Å². The Morgan fingerprint density at radius 1 is 1.28 bits per heavy atom. The average molecular weight is 246 g/mol. The van der Waals surface area contributed by atoms with Crippen molar-refractivity contribution < 1.29 is 0 Å². The third-order valence-electron chi connectivity index (χ3n) is 3.14. The van der Waals surface area contributed by atoms with Crippen molar-refractivity contribution in [1.29, 1.82) is 0 Å². The Labute approximate surface area is 107 Å². The topological polar surface area (TPSA) is 68.1 Å². The number of hydrogen-bond acceptors (Lipinski definition) is 4. The summed E-state index contributed by atoms with van der Waals surface area (Å²) in [5.74, 6) is 1.06. The Balaban J connectivity index is 1.73. The van der Waals surface area contributed by atoms with Crippen molar-refractivity contribution in [3.8, 4) is 0 Å². The number of aromatic nitrogens is 1. The fourth-order valence-corrected chi connectivity index (χ4v) is 2.15. The lowest BCUT2D eigenvalue weighted by molar-refractivity contribution is 0.256. The fourth-order valence-electron chi connectivity index (χ4n) is 2.15. The van der Waals surface area contributed by atoms with Gasteiger partial charge in [-0.05, 0) is 30.6 Å². The fraction of sp³-hybridized carbons (Fsp3) is 0.583. The molecule has 1 fully saturated rings. The van der Waals surface area contributed by atoms with Crippen molar-refractivity contribution in [3.63, 3.8) is 0 Å². The second-order valence-electron chi connectivity index (χ2n) is 4.32. The summed E-state index contributed by atoms with van der Waals surface area (Å²) in [7, 11) is 0. The van der Waals surface area contributed by atoms with Gasteiger partial charge >= 0.3 is 0 Å². The number of piperazine rings is 1. The Kier molecular flexibility index (Phi) is 4.81. The molecule has 96 valence electrons. The molecule has 0 N–H and O–H groups in total. The van der Waals surface area contributed by atoms with Crippen molar-refractivity contribution in [1.82, 2.24) is 9.88 Å². The summed E-state index contributed by atoms with van der Waals surface area (Å²) in [6.45, 7) is 5.72. The molecular weight excluding hydrogens is 228 g/mol. The lowest BCUT2D eigenvalue weighted by Crippen LogP contribution is -2.47. The van der Waals surface area contributed by atoms with Crippen LogP contribution in [0.15, 0.2) is 29.5 Å². The maximum atomic E-state index is 8.20. The third-order valence-corrected chi connectivity index (χ3v) is 3.14. The summed E-state index contributed by atoms with van der Waals surface area (Å²) in [5.41, 5.74) is 8.20. The highest BCUT2D eigenvalue weighted by Gasteiger charge is 2.16. The molecule has 0 bridgehead atoms. The first-order valence-electron chi connectivity index (χ1n) is 6.29. The molecule has 6 heteroatoms. The normalized spacial score (nSPS) is 16.3. The molecule has 0 aromatic carbocycles. The molecule has 0 aliphatic carbocycles. The van der Waals surface area contributed by atoms with Crippen LogP contribution in [0.25, 0.3) is 10.4 Å². The minimum Gasteiger partial charge on any atom is -0.354 e. The summed E-state index contributed by atoms with van der Waals surface area (Å²) in [6, 6.07) is 6.02. The van der Waals surface area contributed by atoms with Crippen LogP contribution in [0.2, 0.25) is 0 Å². The van der Waals surface area contributed by atoms with Gasteiger partial charge in [-0.3, -0.25) is 4.90 Å². The SMILES string of the molecule is [N-]=[N+]=NCCCN1CCN(c2ccccn2)CC1. The van der Waals surface area contributed by atoms with Crippen LogP contribution in [0.1, 0.15) is 6.42 Å². The predicted octanol–water partition coefficient (Wildman–Crippen LogP) is 1.90. The average Bonchev–Trinajstić information content (AvgIpc) is 2.45. The van der Waals surface area contributed by atoms with Gasteiger partial charge in [0.2, 0.25) is 0 Å². The standard InChI is InChI=1S/C12H18N6/c13-16-15-6-3-7-17-8-10-18(11-9-17)12-4-1-2-5-14-12/h1-2,4-5H,3,6-11H2. The van der Waals surface area contributed by atoms with E-state index in [9.17, 15) is 0 Å². The number of rotatable bonds is 5. The molecule has 1 saturated heterocycles. The molecule has 2 heterocycles. The summed E-state index contributed by atoms with van der Waals surface area (Å²) in [4.78, 5) is 11.8. The second-order valence-corrected chi connectivity index (χ2v) is 4.32. The van der Waals surface area contributed by atoms with Crippen LogP contribution >= 0.6 is 0 Å². The van der Waals surface area contributed by atoms with Crippen molar-refractivity contribution in [2.24, 2.45) is 5.11 Å². The molecule has 0 amide bonds. The number of pyridine rings is 1. The summed E-state index contributed by atoms with van der Waals surface area (Å²) >= 11 is 0. The van der Waals surface area contributed by atoms with E-state index in [1.165, 1.54) is 0 Å². The summed E-state index contributed by atoms with van der Waals surface area (Å²) in [6.07, 6.45) is 2.77. The Hall–Kier alpha value is -1.78. The quantitative estimate of drug-likeness (QED) is 0.345. The van der Waals surface area contributed by atoms with E-state index in [2.05, 4.69) is 30.9 Å². The lowest BCUT2D eigenvalue weighted by Gasteiger charge is -2.35. The van der Waals surface area contributed by atoms with Crippen LogP contribution in [0.5, 0.6) is 0 Å². The lowest BCUT2D eigenvalue weighted by atomic mass is 10.3. The number of anilines is 1. The molecule has 1 aliphatic rings. The molecular formula is C12H18N6. The van der Waals surface area contributed by atoms with Gasteiger partial charge in [-0.1, -0.05) is 11.2 Å². The molecule has 1 aromatic heterocycles. The van der Waals surface area contributed by atoms with Gasteiger partial charge in [0.05, 0.1) is 0 Å². The molecule has 18 heavy (non-hydrogen) atoms. The molecule has 0 saturated carbocycles. The number of hydrogen-bond donors (Lipinski definition) is 0. The predicted molar refractivity (Wildman–Crippen MR) is 71.5 cm³/mol. The molecule has 2 rings (SSSR count). The summed E-state index contributed by atoms with van der Waals surface area (Å²) in [5, 5.41) is 3.55. The van der Waals surface area contributed by atoms with E-state index in [-0.39, 0.29) is 0 Å². The highest BCUT2D eigenvalue weighted by molar-refractivity contribution is 5.38. The minimum atomic E-state index is 0.594. The van der Waals surface area contributed by atoms with Gasteiger partial charge in [0.15, 0.2) is 0 Å². The Bertz CT molecular complexity index is 392.